The molecule has 606 valence electrons. The van der Waals surface area contributed by atoms with Crippen LogP contribution in [0.15, 0.2) is 147 Å². The molecule has 3 saturated heterocycles. The quantitative estimate of drug-likeness (QED) is 0.0269. The third-order valence-electron chi connectivity index (χ3n) is 16.0. The molecule has 0 spiro atoms. The van der Waals surface area contributed by atoms with Gasteiger partial charge in [0.2, 0.25) is 0 Å². The molecule has 110 heavy (non-hydrogen) atoms. The number of aliphatic hydroxyl groups is 9. The van der Waals surface area contributed by atoms with E-state index in [2.05, 4.69) is 68.7 Å². The summed E-state index contributed by atoms with van der Waals surface area (Å²) in [6.07, 6.45) is 13.2. The lowest BCUT2D eigenvalue weighted by Crippen LogP contribution is -2.35. The Kier molecular flexibility index (Phi) is 49.0. The van der Waals surface area contributed by atoms with Crippen molar-refractivity contribution >= 4 is 72.1 Å². The fraction of sp³-hybridized carbons (Fsp3) is 0.453. The van der Waals surface area contributed by atoms with Crippen LogP contribution in [0.2, 0.25) is 0 Å². The Hall–Kier alpha value is -9.67. The van der Waals surface area contributed by atoms with Crippen LogP contribution in [0.25, 0.3) is 0 Å². The predicted molar refractivity (Wildman–Crippen MR) is 413 cm³/mol. The Morgan fingerprint density at radius 2 is 1.09 bits per heavy atom. The van der Waals surface area contributed by atoms with Crippen molar-refractivity contribution in [3.8, 4) is 0 Å². The second kappa shape index (κ2) is 54.8. The van der Waals surface area contributed by atoms with E-state index in [0.717, 1.165) is 71.1 Å². The normalized spacial score (nSPS) is 22.1. The first-order valence-corrected chi connectivity index (χ1v) is 35.4. The second-order valence-electron chi connectivity index (χ2n) is 24.4. The fourth-order valence-electron chi connectivity index (χ4n) is 9.95. The zero-order chi connectivity index (χ0) is 81.5. The summed E-state index contributed by atoms with van der Waals surface area (Å²) in [7, 11) is 3.65. The number of carbonyl (C=O) groups excluding carboxylic acids is 1. The molecular formula is C75H108N12O22S. The minimum absolute atomic E-state index is 0. The van der Waals surface area contributed by atoms with Gasteiger partial charge in [-0.3, -0.25) is 34.5 Å². The van der Waals surface area contributed by atoms with Gasteiger partial charge in [-0.15, -0.1) is 16.4 Å². The van der Waals surface area contributed by atoms with E-state index >= 15 is 0 Å². The number of allylic oxidation sites excluding steroid dienone is 4. The highest BCUT2D eigenvalue weighted by atomic mass is 32.1. The van der Waals surface area contributed by atoms with Crippen LogP contribution in [0.4, 0.5) is 0 Å². The van der Waals surface area contributed by atoms with Crippen LogP contribution in [-0.2, 0) is 41.6 Å². The first kappa shape index (κ1) is 98.3. The maximum atomic E-state index is 10.1. The van der Waals surface area contributed by atoms with E-state index in [4.69, 9.17) is 46.0 Å². The molecule has 34 nitrogen and oxygen atoms in total. The Morgan fingerprint density at radius 3 is 1.42 bits per heavy atom. The first-order chi connectivity index (χ1) is 51.9. The molecule has 1 unspecified atom stereocenters. The number of aliphatic imine (C=N–C) groups is 3. The number of rotatable bonds is 22. The summed E-state index contributed by atoms with van der Waals surface area (Å²) >= 11 is 1.47. The Balaban J connectivity index is 0.000000619. The molecule has 8 heterocycles. The second-order valence-corrected chi connectivity index (χ2v) is 25.5. The molecular weight excluding hydrogens is 1450 g/mol. The SMILES string of the molecule is C.CCc1ccc([C@@H]2N[C@H](CO)[C@@H](O)[C@H]2O)cc1.CNC(C)CC=O.CNCCCC(=O)O.Cc1ccc([C@@H]2N[C@H](CO)[C@@H](O)[C@H]2O)cc1.Cc1nc(C(=O)O)n[nH]1.Cc1nc(CC(=O)O)cs1.O=C(O)/C=C\C1=CCC=N1.O=C(O)C1=CCC=N1.O=C(O)CC1=CCC=N1.OC[C@H]1N[C@@H](c2ccccc2)[C@H](O)[C@@H]1O. The minimum Gasteiger partial charge on any atom is -0.481 e. The third-order valence-corrected chi connectivity index (χ3v) is 16.8. The first-order valence-electron chi connectivity index (χ1n) is 34.5. The van der Waals surface area contributed by atoms with Crippen LogP contribution < -0.4 is 26.6 Å². The molecule has 0 bridgehead atoms. The number of aldehydes is 1. The Morgan fingerprint density at radius 1 is 0.600 bits per heavy atom. The molecule has 35 heteroatoms. The van der Waals surface area contributed by atoms with E-state index in [1.165, 1.54) is 23.0 Å². The van der Waals surface area contributed by atoms with Crippen molar-refractivity contribution in [3.05, 3.63) is 182 Å². The Bertz CT molecular complexity index is 3760. The van der Waals surface area contributed by atoms with Crippen molar-refractivity contribution in [3.63, 3.8) is 0 Å². The molecule has 0 saturated carbocycles. The van der Waals surface area contributed by atoms with Crippen LogP contribution in [0, 0.1) is 20.8 Å². The molecule has 0 amide bonds. The minimum atomic E-state index is -1.11. The van der Waals surface area contributed by atoms with E-state index in [1.54, 1.807) is 37.0 Å². The van der Waals surface area contributed by atoms with E-state index < -0.39 is 90.6 Å². The zero-order valence-corrected chi connectivity index (χ0v) is 62.5. The van der Waals surface area contributed by atoms with Crippen LogP contribution in [0.5, 0.6) is 0 Å². The average molecular weight is 1560 g/mol. The maximum Gasteiger partial charge on any atom is 0.375 e. The molecule has 21 N–H and O–H groups in total. The number of H-pyrrole nitrogens is 1. The number of aliphatic carboxylic acids is 5. The number of carboxylic acid groups (broad SMARTS) is 6. The van der Waals surface area contributed by atoms with Gasteiger partial charge in [-0.1, -0.05) is 111 Å². The van der Waals surface area contributed by atoms with Gasteiger partial charge in [0.1, 0.15) is 36.1 Å². The van der Waals surface area contributed by atoms with Gasteiger partial charge in [0.05, 0.1) is 104 Å². The number of thiazole rings is 1. The number of carboxylic acids is 6. The Labute approximate surface area is 642 Å². The topological polar surface area (TPSA) is 575 Å². The fourth-order valence-corrected chi connectivity index (χ4v) is 10.6. The van der Waals surface area contributed by atoms with E-state index in [0.29, 0.717) is 42.5 Å². The molecule has 3 aromatic carbocycles. The molecule has 5 aromatic rings. The summed E-state index contributed by atoms with van der Waals surface area (Å²) < 4.78 is 0. The highest BCUT2D eigenvalue weighted by molar-refractivity contribution is 7.09. The number of aliphatic hydroxyl groups excluding tert-OH is 9. The van der Waals surface area contributed by atoms with Crippen LogP contribution >= 0.6 is 11.3 Å². The number of aromatic carboxylic acids is 1. The molecule has 11 rings (SSSR count). The largest absolute Gasteiger partial charge is 0.481 e. The van der Waals surface area contributed by atoms with Crippen molar-refractivity contribution in [1.29, 1.82) is 0 Å². The van der Waals surface area contributed by atoms with Gasteiger partial charge in [-0.2, -0.15) is 0 Å². The summed E-state index contributed by atoms with van der Waals surface area (Å²) in [5.74, 6) is -5.05. The van der Waals surface area contributed by atoms with Crippen molar-refractivity contribution < 1.29 is 110 Å². The van der Waals surface area contributed by atoms with Gasteiger partial charge in [0, 0.05) is 73.9 Å². The molecule has 3 fully saturated rings. The number of nitrogens with one attached hydrogen (secondary N) is 6. The lowest BCUT2D eigenvalue weighted by Gasteiger charge is -2.16. The van der Waals surface area contributed by atoms with Crippen molar-refractivity contribution in [1.82, 2.24) is 46.7 Å². The van der Waals surface area contributed by atoms with Gasteiger partial charge in [0.25, 0.3) is 5.82 Å². The number of aromatic nitrogens is 4. The number of aromatic amines is 1. The average Bonchev–Trinajstić information content (AvgIpc) is 1.68. The number of aryl methyl sites for hydroxylation is 4. The molecule has 6 aliphatic rings. The van der Waals surface area contributed by atoms with E-state index in [9.17, 15) is 64.2 Å². The zero-order valence-electron chi connectivity index (χ0n) is 61.6. The van der Waals surface area contributed by atoms with Gasteiger partial charge in [-0.05, 0) is 95.6 Å². The van der Waals surface area contributed by atoms with Crippen LogP contribution in [0.3, 0.4) is 0 Å². The van der Waals surface area contributed by atoms with Crippen molar-refractivity contribution in [2.75, 3.05) is 40.5 Å². The van der Waals surface area contributed by atoms with Gasteiger partial charge < -0.3 is 108 Å². The number of benzene rings is 3. The predicted octanol–water partition coefficient (Wildman–Crippen LogP) is 3.13. The number of carbonyl (C=O) groups is 7. The molecule has 13 atom stereocenters. The van der Waals surface area contributed by atoms with Crippen LogP contribution in [0.1, 0.15) is 139 Å². The standard InChI is InChI=1S/C13H19NO3.C12H17NO3.C11H15NO3.C7H7NO2.C6H7NO2S.C6H7NO2.C5H5NO2.C5H11NO2.C5H11NO.C4H5N3O2.CH4/c1-2-8-3-5-9(6-4-8)11-13(17)12(16)10(7-15)14-11;1-7-2-4-8(5-3-7)10-12(16)11(15)9(6-14)13-10;13-6-8-10(14)11(15)9(12-8)7-4-2-1-3-5-7;9-7(10)4-3-6-2-1-5-8-6;1-4-7-5(3-10-4)2-6(8)9;8-6(9)4-5-2-1-3-7-5;7-5(8)4-2-1-3-6-4;1-6-4-2-3-5(7)8;1-5(6-2)3-4-7;1-2-5-3(4(8)9)7-6-2;/h3-6,10-17H,2,7H2,1H3;2-5,9-16H,6H2,1H3;1-5,8-15H,6H2;2-5H,1H2,(H,9,10);3H,2H2,1H3,(H,8,9);2-3H,1,4H2,(H,8,9);2-3H,1H2,(H,7,8);6H,2-4H2,1H3,(H,7,8);4-6H,3H2,1-2H3;1H3,(H,8,9)(H,5,6,7);1H4/b;;;4-3-;;;;;;;/t10-,11+,12-,13+;9-,10+,11-,12+;8-,9+,10-,11+;;;;;;;;/m111......../s1. The summed E-state index contributed by atoms with van der Waals surface area (Å²) in [5.41, 5.74) is 7.36. The van der Waals surface area contributed by atoms with Crippen LogP contribution in [-0.4, -0.2) is 259 Å². The number of nitrogens with zero attached hydrogens (tertiary/aromatic N) is 6. The lowest BCUT2D eigenvalue weighted by atomic mass is 9.99. The van der Waals surface area contributed by atoms with Crippen molar-refractivity contribution in [2.24, 2.45) is 15.0 Å². The van der Waals surface area contributed by atoms with Gasteiger partial charge in [0.15, 0.2) is 0 Å². The van der Waals surface area contributed by atoms with Gasteiger partial charge in [-0.25, -0.2) is 24.4 Å². The molecule has 2 aromatic heterocycles. The highest BCUT2D eigenvalue weighted by Crippen LogP contribution is 2.30. The summed E-state index contributed by atoms with van der Waals surface area (Å²) in [4.78, 5) is 88.7. The summed E-state index contributed by atoms with van der Waals surface area (Å²) in [5, 5.41) is 158. The monoisotopic (exact) mass is 1560 g/mol. The summed E-state index contributed by atoms with van der Waals surface area (Å²) in [6.45, 7) is 9.79. The maximum absolute atomic E-state index is 10.1. The summed E-state index contributed by atoms with van der Waals surface area (Å²) in [6, 6.07) is 23.1. The smallest absolute Gasteiger partial charge is 0.375 e. The van der Waals surface area contributed by atoms with Gasteiger partial charge >= 0.3 is 35.8 Å². The number of hydrogen-bond acceptors (Lipinski definition) is 28. The van der Waals surface area contributed by atoms with E-state index in [-0.39, 0.29) is 76.2 Å². The third kappa shape index (κ3) is 38.1. The number of hydrogen-bond donors (Lipinski definition) is 21. The molecule has 0 aliphatic carbocycles. The molecule has 0 radical (unpaired) electrons. The van der Waals surface area contributed by atoms with E-state index in [1.807, 2.05) is 126 Å². The lowest BCUT2D eigenvalue weighted by molar-refractivity contribution is -0.137. The highest BCUT2D eigenvalue weighted by Gasteiger charge is 2.43. The van der Waals surface area contributed by atoms with Crippen molar-refractivity contribution in [2.45, 2.75) is 179 Å². The molecule has 6 aliphatic heterocycles.